The summed E-state index contributed by atoms with van der Waals surface area (Å²) < 4.78 is 23.7. The molecule has 0 radical (unpaired) electrons. The first-order chi connectivity index (χ1) is 11.9. The molecule has 0 saturated carbocycles. The second-order valence-corrected chi connectivity index (χ2v) is 6.22. The Balaban J connectivity index is 2.04. The number of ether oxygens (including phenoxy) is 2. The van der Waals surface area contributed by atoms with Crippen LogP contribution in [0.25, 0.3) is 0 Å². The maximum atomic E-state index is 12.9. The van der Waals surface area contributed by atoms with Crippen molar-refractivity contribution in [1.82, 2.24) is 5.32 Å². The van der Waals surface area contributed by atoms with Crippen LogP contribution in [-0.4, -0.2) is 19.1 Å². The summed E-state index contributed by atoms with van der Waals surface area (Å²) in [5.74, 6) is 0.859. The quantitative estimate of drug-likeness (QED) is 0.821. The van der Waals surface area contributed by atoms with Crippen LogP contribution in [-0.2, 0) is 4.79 Å². The molecule has 4 nitrogen and oxygen atoms in total. The van der Waals surface area contributed by atoms with E-state index in [9.17, 15) is 9.18 Å². The lowest BCUT2D eigenvalue weighted by atomic mass is 9.95. The van der Waals surface area contributed by atoms with Gasteiger partial charge in [-0.15, -0.1) is 0 Å². The molecule has 2 unspecified atom stereocenters. The fourth-order valence-electron chi connectivity index (χ4n) is 2.49. The van der Waals surface area contributed by atoms with Crippen molar-refractivity contribution in [1.29, 1.82) is 0 Å². The zero-order chi connectivity index (χ0) is 18.4. The zero-order valence-corrected chi connectivity index (χ0v) is 15.0. The highest BCUT2D eigenvalue weighted by Gasteiger charge is 2.22. The van der Waals surface area contributed by atoms with Crippen molar-refractivity contribution in [3.8, 4) is 11.5 Å². The number of amides is 1. The first-order valence-corrected chi connectivity index (χ1v) is 8.27. The van der Waals surface area contributed by atoms with Crippen molar-refractivity contribution in [3.05, 3.63) is 59.9 Å². The molecule has 1 N–H and O–H groups in total. The molecule has 2 atom stereocenters. The van der Waals surface area contributed by atoms with Crippen molar-refractivity contribution < 1.29 is 18.7 Å². The molecule has 0 aliphatic heterocycles. The fourth-order valence-corrected chi connectivity index (χ4v) is 2.49. The molecule has 1 amide bonds. The van der Waals surface area contributed by atoms with Gasteiger partial charge >= 0.3 is 0 Å². The Hall–Kier alpha value is -2.56. The van der Waals surface area contributed by atoms with Crippen LogP contribution in [0.4, 0.5) is 4.39 Å². The summed E-state index contributed by atoms with van der Waals surface area (Å²) in [6.45, 7) is 5.76. The van der Waals surface area contributed by atoms with Gasteiger partial charge in [0.05, 0.1) is 13.2 Å². The van der Waals surface area contributed by atoms with E-state index in [0.717, 1.165) is 11.3 Å². The van der Waals surface area contributed by atoms with Gasteiger partial charge in [0.15, 0.2) is 6.10 Å². The van der Waals surface area contributed by atoms with Gasteiger partial charge in [-0.25, -0.2) is 4.39 Å². The molecule has 0 aromatic heterocycles. The number of carbonyl (C=O) groups excluding carboxylic acids is 1. The van der Waals surface area contributed by atoms with E-state index in [4.69, 9.17) is 9.47 Å². The standard InChI is InChI=1S/C20H24FNO3/c1-13(2)19(15-5-9-17(24-4)10-6-15)22-20(23)14(3)25-18-11-7-16(21)8-12-18/h5-14,19H,1-4H3,(H,22,23). The van der Waals surface area contributed by atoms with Crippen LogP contribution >= 0.6 is 0 Å². The van der Waals surface area contributed by atoms with Crippen molar-refractivity contribution in [2.45, 2.75) is 32.9 Å². The van der Waals surface area contributed by atoms with Gasteiger partial charge in [-0.1, -0.05) is 26.0 Å². The fraction of sp³-hybridized carbons (Fsp3) is 0.350. The van der Waals surface area contributed by atoms with Gasteiger partial charge in [0, 0.05) is 0 Å². The lowest BCUT2D eigenvalue weighted by Crippen LogP contribution is -2.40. The number of hydrogen-bond donors (Lipinski definition) is 1. The van der Waals surface area contributed by atoms with Crippen LogP contribution in [0.5, 0.6) is 11.5 Å². The van der Waals surface area contributed by atoms with Crippen LogP contribution in [0.3, 0.4) is 0 Å². The minimum atomic E-state index is -0.690. The molecule has 134 valence electrons. The summed E-state index contributed by atoms with van der Waals surface area (Å²) in [5.41, 5.74) is 0.998. The molecule has 2 rings (SSSR count). The monoisotopic (exact) mass is 345 g/mol. The normalized spacial score (nSPS) is 13.2. The third kappa shape index (κ3) is 5.21. The predicted octanol–water partition coefficient (Wildman–Crippen LogP) is 4.12. The number of rotatable bonds is 7. The van der Waals surface area contributed by atoms with Gasteiger partial charge in [-0.3, -0.25) is 4.79 Å². The van der Waals surface area contributed by atoms with Gasteiger partial charge in [0.2, 0.25) is 0 Å². The highest BCUT2D eigenvalue weighted by Crippen LogP contribution is 2.24. The van der Waals surface area contributed by atoms with E-state index < -0.39 is 6.10 Å². The number of benzene rings is 2. The Bertz CT molecular complexity index is 683. The van der Waals surface area contributed by atoms with Crippen LogP contribution in [0, 0.1) is 11.7 Å². The minimum Gasteiger partial charge on any atom is -0.497 e. The third-order valence-electron chi connectivity index (χ3n) is 3.94. The van der Waals surface area contributed by atoms with Crippen LogP contribution < -0.4 is 14.8 Å². The second kappa shape index (κ2) is 8.51. The van der Waals surface area contributed by atoms with Gasteiger partial charge < -0.3 is 14.8 Å². The SMILES string of the molecule is COc1ccc(C(NC(=O)C(C)Oc2ccc(F)cc2)C(C)C)cc1. The maximum absolute atomic E-state index is 12.9. The maximum Gasteiger partial charge on any atom is 0.261 e. The average molecular weight is 345 g/mol. The summed E-state index contributed by atoms with van der Waals surface area (Å²) in [5, 5.41) is 3.02. The first-order valence-electron chi connectivity index (χ1n) is 8.27. The summed E-state index contributed by atoms with van der Waals surface area (Å²) in [4.78, 5) is 12.5. The molecule has 25 heavy (non-hydrogen) atoms. The molecule has 0 spiro atoms. The van der Waals surface area contributed by atoms with E-state index >= 15 is 0 Å². The Morgan fingerprint density at radius 1 is 0.960 bits per heavy atom. The summed E-state index contributed by atoms with van der Waals surface area (Å²) >= 11 is 0. The van der Waals surface area contributed by atoms with Crippen molar-refractivity contribution in [3.63, 3.8) is 0 Å². The zero-order valence-electron chi connectivity index (χ0n) is 15.0. The molecule has 0 aliphatic rings. The number of hydrogen-bond acceptors (Lipinski definition) is 3. The number of methoxy groups -OCH3 is 1. The van der Waals surface area contributed by atoms with E-state index in [1.165, 1.54) is 24.3 Å². The number of halogens is 1. The lowest BCUT2D eigenvalue weighted by Gasteiger charge is -2.25. The van der Waals surface area contributed by atoms with E-state index in [1.807, 2.05) is 38.1 Å². The molecule has 2 aromatic rings. The minimum absolute atomic E-state index is 0.141. The Kier molecular flexibility index (Phi) is 6.39. The van der Waals surface area contributed by atoms with Crippen molar-refractivity contribution >= 4 is 5.91 Å². The van der Waals surface area contributed by atoms with Gasteiger partial charge in [0.1, 0.15) is 17.3 Å². The topological polar surface area (TPSA) is 47.6 Å². The predicted molar refractivity (Wildman–Crippen MR) is 95.2 cm³/mol. The molecular weight excluding hydrogens is 321 g/mol. The highest BCUT2D eigenvalue weighted by molar-refractivity contribution is 5.81. The molecule has 5 heteroatoms. The molecule has 0 aliphatic carbocycles. The van der Waals surface area contributed by atoms with E-state index in [-0.39, 0.29) is 23.7 Å². The largest absolute Gasteiger partial charge is 0.497 e. The first kappa shape index (κ1) is 18.8. The summed E-state index contributed by atoms with van der Waals surface area (Å²) in [6, 6.07) is 13.1. The van der Waals surface area contributed by atoms with E-state index in [0.29, 0.717) is 5.75 Å². The molecular formula is C20H24FNO3. The molecule has 2 aromatic carbocycles. The van der Waals surface area contributed by atoms with Crippen LogP contribution in [0.15, 0.2) is 48.5 Å². The second-order valence-electron chi connectivity index (χ2n) is 6.22. The average Bonchev–Trinajstić information content (AvgIpc) is 2.61. The number of carbonyl (C=O) groups is 1. The van der Waals surface area contributed by atoms with Gasteiger partial charge in [0.25, 0.3) is 5.91 Å². The molecule has 0 fully saturated rings. The molecule has 0 bridgehead atoms. The van der Waals surface area contributed by atoms with Gasteiger partial charge in [-0.05, 0) is 54.8 Å². The van der Waals surface area contributed by atoms with Gasteiger partial charge in [-0.2, -0.15) is 0 Å². The molecule has 0 heterocycles. The Morgan fingerprint density at radius 3 is 2.04 bits per heavy atom. The van der Waals surface area contributed by atoms with Crippen LogP contribution in [0.1, 0.15) is 32.4 Å². The molecule has 0 saturated heterocycles. The highest BCUT2D eigenvalue weighted by atomic mass is 19.1. The van der Waals surface area contributed by atoms with Crippen LogP contribution in [0.2, 0.25) is 0 Å². The Morgan fingerprint density at radius 2 is 1.52 bits per heavy atom. The van der Waals surface area contributed by atoms with E-state index in [1.54, 1.807) is 14.0 Å². The van der Waals surface area contributed by atoms with E-state index in [2.05, 4.69) is 5.32 Å². The summed E-state index contributed by atoms with van der Waals surface area (Å²) in [7, 11) is 1.62. The Labute approximate surface area is 148 Å². The number of nitrogens with one attached hydrogen (secondary N) is 1. The third-order valence-corrected chi connectivity index (χ3v) is 3.94. The van der Waals surface area contributed by atoms with Crippen molar-refractivity contribution in [2.75, 3.05) is 7.11 Å². The lowest BCUT2D eigenvalue weighted by molar-refractivity contribution is -0.128. The smallest absolute Gasteiger partial charge is 0.261 e. The summed E-state index contributed by atoms with van der Waals surface area (Å²) in [6.07, 6.45) is -0.690. The van der Waals surface area contributed by atoms with Crippen molar-refractivity contribution in [2.24, 2.45) is 5.92 Å².